The second-order valence-corrected chi connectivity index (χ2v) is 8.22. The third kappa shape index (κ3) is 5.24. The van der Waals surface area contributed by atoms with Crippen LogP contribution in [0.5, 0.6) is 0 Å². The van der Waals surface area contributed by atoms with E-state index in [9.17, 15) is 9.59 Å². The molecule has 0 spiro atoms. The van der Waals surface area contributed by atoms with Crippen LogP contribution < -0.4 is 0 Å². The highest BCUT2D eigenvalue weighted by Gasteiger charge is 2.29. The number of esters is 1. The minimum Gasteiger partial charge on any atom is -0.455 e. The molecule has 0 saturated carbocycles. The zero-order valence-corrected chi connectivity index (χ0v) is 16.8. The highest BCUT2D eigenvalue weighted by Crippen LogP contribution is 2.25. The summed E-state index contributed by atoms with van der Waals surface area (Å²) in [4.78, 5) is 27.2. The van der Waals surface area contributed by atoms with Gasteiger partial charge in [-0.05, 0) is 63.8 Å². The molecule has 1 aromatic carbocycles. The first-order valence-corrected chi connectivity index (χ1v) is 10.0. The van der Waals surface area contributed by atoms with Crippen LogP contribution in [0.15, 0.2) is 27.6 Å². The van der Waals surface area contributed by atoms with Crippen LogP contribution in [0.4, 0.5) is 0 Å². The molecule has 4 nitrogen and oxygen atoms in total. The molecule has 1 amide bonds. The summed E-state index contributed by atoms with van der Waals surface area (Å²) in [6.45, 7) is 5.96. The lowest BCUT2D eigenvalue weighted by Gasteiger charge is -2.38. The molecule has 24 heavy (non-hydrogen) atoms. The number of halogens is 1. The second kappa shape index (κ2) is 8.90. The molecule has 0 radical (unpaired) electrons. The number of nitrogens with zero attached hydrogens (tertiary/aromatic N) is 1. The van der Waals surface area contributed by atoms with Crippen LogP contribution in [0.2, 0.25) is 0 Å². The Morgan fingerprint density at radius 3 is 2.58 bits per heavy atom. The van der Waals surface area contributed by atoms with Gasteiger partial charge in [-0.15, -0.1) is 11.8 Å². The molecule has 1 heterocycles. The zero-order chi connectivity index (χ0) is 17.7. The van der Waals surface area contributed by atoms with Gasteiger partial charge in [-0.25, -0.2) is 0 Å². The number of rotatable bonds is 5. The van der Waals surface area contributed by atoms with E-state index >= 15 is 0 Å². The van der Waals surface area contributed by atoms with Crippen molar-refractivity contribution in [3.05, 3.63) is 28.2 Å². The number of hydrogen-bond acceptors (Lipinski definition) is 4. The average Bonchev–Trinajstić information content (AvgIpc) is 2.52. The third-order valence-electron chi connectivity index (χ3n) is 4.32. The Morgan fingerprint density at radius 1 is 1.29 bits per heavy atom. The van der Waals surface area contributed by atoms with Crippen molar-refractivity contribution in [3.63, 3.8) is 0 Å². The smallest absolute Gasteiger partial charge is 0.316 e. The van der Waals surface area contributed by atoms with Gasteiger partial charge in [0.25, 0.3) is 5.91 Å². The third-order valence-corrected chi connectivity index (χ3v) is 5.96. The highest BCUT2D eigenvalue weighted by molar-refractivity contribution is 9.10. The van der Waals surface area contributed by atoms with Gasteiger partial charge in [-0.1, -0.05) is 15.9 Å². The molecule has 1 aliphatic heterocycles. The molecular formula is C18H24BrNO3S. The van der Waals surface area contributed by atoms with Gasteiger partial charge < -0.3 is 9.64 Å². The quantitative estimate of drug-likeness (QED) is 0.536. The summed E-state index contributed by atoms with van der Waals surface area (Å²) in [5.74, 6) is -0.234. The van der Waals surface area contributed by atoms with E-state index in [0.717, 1.165) is 34.2 Å². The first kappa shape index (κ1) is 19.3. The minimum absolute atomic E-state index is 0.0899. The van der Waals surface area contributed by atoms with Gasteiger partial charge in [0.15, 0.2) is 6.61 Å². The van der Waals surface area contributed by atoms with Crippen molar-refractivity contribution in [2.45, 2.75) is 57.0 Å². The Morgan fingerprint density at radius 2 is 1.96 bits per heavy atom. The SMILES string of the molecule is Cc1cc(Br)ccc1SCC(=O)OCC(=O)N1[C@@H](C)CCC[C@@H]1C. The fraction of sp³-hybridized carbons (Fsp3) is 0.556. The van der Waals surface area contributed by atoms with E-state index in [1.807, 2.05) is 30.0 Å². The molecule has 132 valence electrons. The normalized spacial score (nSPS) is 20.8. The average molecular weight is 414 g/mol. The first-order chi connectivity index (χ1) is 11.4. The van der Waals surface area contributed by atoms with E-state index in [1.54, 1.807) is 0 Å². The molecule has 1 saturated heterocycles. The largest absolute Gasteiger partial charge is 0.455 e. The molecule has 0 unspecified atom stereocenters. The number of hydrogen-bond donors (Lipinski definition) is 0. The topological polar surface area (TPSA) is 46.6 Å². The van der Waals surface area contributed by atoms with E-state index in [0.29, 0.717) is 0 Å². The summed E-state index contributed by atoms with van der Waals surface area (Å²) >= 11 is 4.85. The maximum atomic E-state index is 12.3. The van der Waals surface area contributed by atoms with E-state index in [2.05, 4.69) is 29.8 Å². The standard InChI is InChI=1S/C18H24BrNO3S/c1-12-9-15(19)7-8-16(12)24-11-18(22)23-10-17(21)20-13(2)5-4-6-14(20)3/h7-9,13-14H,4-6,10-11H2,1-3H3/t13-,14-/m0/s1. The molecule has 0 N–H and O–H groups in total. The van der Waals surface area contributed by atoms with Crippen molar-refractivity contribution in [2.75, 3.05) is 12.4 Å². The van der Waals surface area contributed by atoms with Crippen molar-refractivity contribution < 1.29 is 14.3 Å². The van der Waals surface area contributed by atoms with Crippen LogP contribution in [-0.4, -0.2) is 41.2 Å². The molecule has 0 aromatic heterocycles. The Bertz CT molecular complexity index is 598. The van der Waals surface area contributed by atoms with Gasteiger partial charge in [0.05, 0.1) is 5.75 Å². The number of aryl methyl sites for hydroxylation is 1. The second-order valence-electron chi connectivity index (χ2n) is 6.29. The molecule has 1 aromatic rings. The van der Waals surface area contributed by atoms with Gasteiger partial charge >= 0.3 is 5.97 Å². The lowest BCUT2D eigenvalue weighted by molar-refractivity contribution is -0.153. The highest BCUT2D eigenvalue weighted by atomic mass is 79.9. The van der Waals surface area contributed by atoms with Crippen molar-refractivity contribution in [2.24, 2.45) is 0 Å². The number of ether oxygens (including phenoxy) is 1. The van der Waals surface area contributed by atoms with Gasteiger partial charge in [0.2, 0.25) is 0 Å². The Hall–Kier alpha value is -1.01. The number of piperidine rings is 1. The monoisotopic (exact) mass is 413 g/mol. The van der Waals surface area contributed by atoms with E-state index in [1.165, 1.54) is 11.8 Å². The van der Waals surface area contributed by atoms with E-state index in [-0.39, 0.29) is 36.3 Å². The van der Waals surface area contributed by atoms with Crippen molar-refractivity contribution in [1.29, 1.82) is 0 Å². The number of carbonyl (C=O) groups excluding carboxylic acids is 2. The number of benzene rings is 1. The maximum absolute atomic E-state index is 12.3. The number of carbonyl (C=O) groups is 2. The Labute approximate surface area is 156 Å². The molecule has 0 aliphatic carbocycles. The number of amides is 1. The molecule has 0 bridgehead atoms. The Balaban J connectivity index is 1.79. The lowest BCUT2D eigenvalue weighted by atomic mass is 9.97. The summed E-state index contributed by atoms with van der Waals surface area (Å²) in [6, 6.07) is 6.37. The number of thioether (sulfide) groups is 1. The molecule has 2 atom stereocenters. The molecule has 6 heteroatoms. The predicted molar refractivity (Wildman–Crippen MR) is 100 cm³/mol. The van der Waals surface area contributed by atoms with Gasteiger partial charge in [-0.2, -0.15) is 0 Å². The van der Waals surface area contributed by atoms with Crippen LogP contribution in [0, 0.1) is 6.92 Å². The summed E-state index contributed by atoms with van der Waals surface area (Å²) in [7, 11) is 0. The van der Waals surface area contributed by atoms with Crippen molar-refractivity contribution in [3.8, 4) is 0 Å². The molecule has 2 rings (SSSR count). The summed E-state index contributed by atoms with van der Waals surface area (Å²) in [5, 5.41) is 0. The minimum atomic E-state index is -0.354. The summed E-state index contributed by atoms with van der Waals surface area (Å²) in [5.41, 5.74) is 1.11. The van der Waals surface area contributed by atoms with Gasteiger partial charge in [-0.3, -0.25) is 9.59 Å². The molecule has 1 aliphatic rings. The van der Waals surface area contributed by atoms with E-state index in [4.69, 9.17) is 4.74 Å². The Kier molecular flexibility index (Phi) is 7.16. The van der Waals surface area contributed by atoms with Crippen molar-refractivity contribution >= 4 is 39.6 Å². The van der Waals surface area contributed by atoms with Crippen LogP contribution in [0.3, 0.4) is 0 Å². The maximum Gasteiger partial charge on any atom is 0.316 e. The number of likely N-dealkylation sites (tertiary alicyclic amines) is 1. The predicted octanol–water partition coefficient (Wildman–Crippen LogP) is 4.18. The first-order valence-electron chi connectivity index (χ1n) is 8.24. The van der Waals surface area contributed by atoms with Crippen LogP contribution in [0.1, 0.15) is 38.7 Å². The van der Waals surface area contributed by atoms with Gasteiger partial charge in [0.1, 0.15) is 0 Å². The fourth-order valence-electron chi connectivity index (χ4n) is 3.08. The summed E-state index contributed by atoms with van der Waals surface area (Å²) in [6.07, 6.45) is 3.18. The lowest BCUT2D eigenvalue weighted by Crippen LogP contribution is -2.49. The van der Waals surface area contributed by atoms with Crippen LogP contribution >= 0.6 is 27.7 Å². The fourth-order valence-corrected chi connectivity index (χ4v) is 4.37. The van der Waals surface area contributed by atoms with Crippen LogP contribution in [0.25, 0.3) is 0 Å². The van der Waals surface area contributed by atoms with E-state index < -0.39 is 0 Å². The van der Waals surface area contributed by atoms with Gasteiger partial charge in [0, 0.05) is 21.5 Å². The zero-order valence-electron chi connectivity index (χ0n) is 14.4. The van der Waals surface area contributed by atoms with Crippen LogP contribution in [-0.2, 0) is 14.3 Å². The molecular weight excluding hydrogens is 390 g/mol. The summed E-state index contributed by atoms with van der Waals surface area (Å²) < 4.78 is 6.19. The molecule has 1 fully saturated rings. The van der Waals surface area contributed by atoms with Crippen molar-refractivity contribution in [1.82, 2.24) is 4.90 Å².